The minimum Gasteiger partial charge on any atom is -0.346 e. The first kappa shape index (κ1) is 9.00. The van der Waals surface area contributed by atoms with Crippen molar-refractivity contribution in [1.82, 2.24) is 4.90 Å². The van der Waals surface area contributed by atoms with Crippen LogP contribution in [0.4, 0.5) is 0 Å². The van der Waals surface area contributed by atoms with E-state index in [-0.39, 0.29) is 0 Å². The van der Waals surface area contributed by atoms with Crippen molar-refractivity contribution < 1.29 is 10.1 Å². The quantitative estimate of drug-likeness (QED) is 0.620. The van der Waals surface area contributed by atoms with Crippen LogP contribution in [0.15, 0.2) is 0 Å². The van der Waals surface area contributed by atoms with Gasteiger partial charge in [0, 0.05) is 25.4 Å². The van der Waals surface area contributed by atoms with Crippen molar-refractivity contribution in [2.24, 2.45) is 5.92 Å². The Labute approximate surface area is 79.5 Å². The van der Waals surface area contributed by atoms with E-state index in [1.165, 1.54) is 25.9 Å². The SMILES string of the molecule is O=C1CCCN1C[C@H]1CCC[NH2+]C1. The van der Waals surface area contributed by atoms with E-state index in [4.69, 9.17) is 0 Å². The van der Waals surface area contributed by atoms with Gasteiger partial charge in [-0.25, -0.2) is 0 Å². The zero-order chi connectivity index (χ0) is 9.10. The molecule has 2 heterocycles. The molecule has 0 bridgehead atoms. The van der Waals surface area contributed by atoms with Gasteiger partial charge in [-0.2, -0.15) is 0 Å². The van der Waals surface area contributed by atoms with E-state index in [1.807, 2.05) is 0 Å². The second-order valence-corrected chi connectivity index (χ2v) is 4.26. The van der Waals surface area contributed by atoms with Gasteiger partial charge < -0.3 is 10.2 Å². The minimum absolute atomic E-state index is 0.380. The summed E-state index contributed by atoms with van der Waals surface area (Å²) in [6, 6.07) is 0. The van der Waals surface area contributed by atoms with Gasteiger partial charge in [-0.15, -0.1) is 0 Å². The van der Waals surface area contributed by atoms with Gasteiger partial charge >= 0.3 is 0 Å². The number of likely N-dealkylation sites (tertiary alicyclic amines) is 1. The summed E-state index contributed by atoms with van der Waals surface area (Å²) in [4.78, 5) is 13.4. The predicted octanol–water partition coefficient (Wildman–Crippen LogP) is -0.418. The van der Waals surface area contributed by atoms with E-state index < -0.39 is 0 Å². The van der Waals surface area contributed by atoms with Crippen molar-refractivity contribution in [3.05, 3.63) is 0 Å². The maximum atomic E-state index is 11.4. The zero-order valence-electron chi connectivity index (χ0n) is 8.17. The summed E-state index contributed by atoms with van der Waals surface area (Å²) in [7, 11) is 0. The highest BCUT2D eigenvalue weighted by Crippen LogP contribution is 2.15. The highest BCUT2D eigenvalue weighted by molar-refractivity contribution is 5.78. The third-order valence-electron chi connectivity index (χ3n) is 3.17. The predicted molar refractivity (Wildman–Crippen MR) is 50.2 cm³/mol. The topological polar surface area (TPSA) is 36.9 Å². The van der Waals surface area contributed by atoms with E-state index >= 15 is 0 Å². The van der Waals surface area contributed by atoms with Crippen LogP contribution in [0.1, 0.15) is 25.7 Å². The van der Waals surface area contributed by atoms with Crippen molar-refractivity contribution in [2.75, 3.05) is 26.2 Å². The molecule has 2 aliphatic rings. The Hall–Kier alpha value is -0.570. The molecule has 2 N–H and O–H groups in total. The lowest BCUT2D eigenvalue weighted by Crippen LogP contribution is -2.87. The molecule has 13 heavy (non-hydrogen) atoms. The highest BCUT2D eigenvalue weighted by atomic mass is 16.2. The summed E-state index contributed by atoms with van der Waals surface area (Å²) in [5.41, 5.74) is 0. The first-order valence-electron chi connectivity index (χ1n) is 5.45. The van der Waals surface area contributed by atoms with Crippen LogP contribution in [0.25, 0.3) is 0 Å². The molecule has 2 rings (SSSR count). The molecule has 0 saturated carbocycles. The average Bonchev–Trinajstić information content (AvgIpc) is 2.54. The van der Waals surface area contributed by atoms with Crippen LogP contribution in [0.2, 0.25) is 0 Å². The molecule has 0 aromatic heterocycles. The molecule has 74 valence electrons. The van der Waals surface area contributed by atoms with Crippen molar-refractivity contribution in [1.29, 1.82) is 0 Å². The van der Waals surface area contributed by atoms with Gasteiger partial charge in [-0.05, 0) is 19.3 Å². The molecule has 1 atom stereocenters. The van der Waals surface area contributed by atoms with Crippen molar-refractivity contribution in [3.8, 4) is 0 Å². The van der Waals surface area contributed by atoms with Gasteiger partial charge in [0.2, 0.25) is 5.91 Å². The normalized spacial score (nSPS) is 29.7. The third-order valence-corrected chi connectivity index (χ3v) is 3.17. The summed E-state index contributed by atoms with van der Waals surface area (Å²) < 4.78 is 0. The number of nitrogens with zero attached hydrogens (tertiary/aromatic N) is 1. The summed E-state index contributed by atoms with van der Waals surface area (Å²) >= 11 is 0. The summed E-state index contributed by atoms with van der Waals surface area (Å²) in [6.07, 6.45) is 4.51. The fourth-order valence-corrected chi connectivity index (χ4v) is 2.40. The first-order chi connectivity index (χ1) is 6.36. The second-order valence-electron chi connectivity index (χ2n) is 4.26. The van der Waals surface area contributed by atoms with Gasteiger partial charge in [-0.1, -0.05) is 0 Å². The molecule has 2 saturated heterocycles. The number of carbonyl (C=O) groups is 1. The molecular weight excluding hydrogens is 164 g/mol. The number of nitrogens with two attached hydrogens (primary N) is 1. The summed E-state index contributed by atoms with van der Waals surface area (Å²) in [6.45, 7) is 4.54. The Bertz CT molecular complexity index is 187. The molecule has 2 aliphatic heterocycles. The molecule has 0 unspecified atom stereocenters. The molecule has 3 nitrogen and oxygen atoms in total. The number of piperidine rings is 1. The molecule has 0 aliphatic carbocycles. The van der Waals surface area contributed by atoms with Crippen LogP contribution in [0, 0.1) is 5.92 Å². The molecule has 0 radical (unpaired) electrons. The number of quaternary nitrogens is 1. The van der Waals surface area contributed by atoms with E-state index in [9.17, 15) is 4.79 Å². The number of amides is 1. The number of rotatable bonds is 2. The first-order valence-corrected chi connectivity index (χ1v) is 5.45. The fourth-order valence-electron chi connectivity index (χ4n) is 2.40. The van der Waals surface area contributed by atoms with Gasteiger partial charge in [0.05, 0.1) is 13.1 Å². The van der Waals surface area contributed by atoms with Gasteiger partial charge in [0.15, 0.2) is 0 Å². The van der Waals surface area contributed by atoms with E-state index in [2.05, 4.69) is 10.2 Å². The Balaban J connectivity index is 1.79. The summed E-state index contributed by atoms with van der Waals surface area (Å²) in [5.74, 6) is 1.14. The Morgan fingerprint density at radius 2 is 2.38 bits per heavy atom. The lowest BCUT2D eigenvalue weighted by atomic mass is 9.99. The maximum Gasteiger partial charge on any atom is 0.222 e. The molecule has 0 spiro atoms. The Kier molecular flexibility index (Phi) is 2.83. The maximum absolute atomic E-state index is 11.4. The van der Waals surface area contributed by atoms with E-state index in [1.54, 1.807) is 0 Å². The molecule has 1 amide bonds. The van der Waals surface area contributed by atoms with E-state index in [0.717, 1.165) is 31.8 Å². The van der Waals surface area contributed by atoms with Gasteiger partial charge in [0.25, 0.3) is 0 Å². The van der Waals surface area contributed by atoms with Gasteiger partial charge in [0.1, 0.15) is 0 Å². The van der Waals surface area contributed by atoms with Crippen molar-refractivity contribution in [3.63, 3.8) is 0 Å². The van der Waals surface area contributed by atoms with Crippen LogP contribution in [-0.4, -0.2) is 37.0 Å². The average molecular weight is 183 g/mol. The lowest BCUT2D eigenvalue weighted by molar-refractivity contribution is -0.668. The number of hydrogen-bond acceptors (Lipinski definition) is 1. The molecule has 0 aromatic carbocycles. The number of hydrogen-bond donors (Lipinski definition) is 1. The molecule has 2 fully saturated rings. The summed E-state index contributed by atoms with van der Waals surface area (Å²) in [5, 5.41) is 2.38. The largest absolute Gasteiger partial charge is 0.346 e. The van der Waals surface area contributed by atoms with Crippen LogP contribution < -0.4 is 5.32 Å². The standard InChI is InChI=1S/C10H18N2O/c13-10-4-2-6-12(10)8-9-3-1-5-11-7-9/h9,11H,1-8H2/p+1/t9-/m0/s1. The van der Waals surface area contributed by atoms with E-state index in [0.29, 0.717) is 5.91 Å². The Morgan fingerprint density at radius 1 is 1.46 bits per heavy atom. The second kappa shape index (κ2) is 4.09. The number of carbonyl (C=O) groups excluding carboxylic acids is 1. The molecule has 0 aromatic rings. The van der Waals surface area contributed by atoms with Crippen molar-refractivity contribution in [2.45, 2.75) is 25.7 Å². The highest BCUT2D eigenvalue weighted by Gasteiger charge is 2.25. The van der Waals surface area contributed by atoms with Crippen LogP contribution in [-0.2, 0) is 4.79 Å². The van der Waals surface area contributed by atoms with Crippen LogP contribution in [0.5, 0.6) is 0 Å². The third kappa shape index (κ3) is 2.21. The molecular formula is C10H19N2O+. The lowest BCUT2D eigenvalue weighted by Gasteiger charge is -2.25. The van der Waals surface area contributed by atoms with Crippen LogP contribution in [0.3, 0.4) is 0 Å². The Morgan fingerprint density at radius 3 is 3.00 bits per heavy atom. The fraction of sp³-hybridized carbons (Fsp3) is 0.900. The smallest absolute Gasteiger partial charge is 0.222 e. The van der Waals surface area contributed by atoms with Crippen LogP contribution >= 0.6 is 0 Å². The molecule has 3 heteroatoms. The zero-order valence-corrected chi connectivity index (χ0v) is 8.17. The van der Waals surface area contributed by atoms with Crippen molar-refractivity contribution >= 4 is 5.91 Å². The monoisotopic (exact) mass is 183 g/mol. The minimum atomic E-state index is 0.380. The van der Waals surface area contributed by atoms with Gasteiger partial charge in [-0.3, -0.25) is 4.79 Å².